The Kier molecular flexibility index (Phi) is 6.04. The highest BCUT2D eigenvalue weighted by molar-refractivity contribution is 8.00. The molecule has 0 aliphatic heterocycles. The number of aryl methyl sites for hydroxylation is 2. The molecule has 3 rings (SSSR count). The molecule has 0 saturated heterocycles. The Morgan fingerprint density at radius 1 is 1.32 bits per heavy atom. The number of benzene rings is 1. The highest BCUT2D eigenvalue weighted by Gasteiger charge is 2.40. The van der Waals surface area contributed by atoms with Gasteiger partial charge in [0, 0.05) is 7.05 Å². The topological polar surface area (TPSA) is 87.7 Å². The van der Waals surface area contributed by atoms with E-state index in [9.17, 15) is 10.1 Å². The second-order valence-corrected chi connectivity index (χ2v) is 8.83. The van der Waals surface area contributed by atoms with Gasteiger partial charge in [-0.25, -0.2) is 0 Å². The third kappa shape index (κ3) is 3.90. The van der Waals surface area contributed by atoms with Gasteiger partial charge in [0.25, 0.3) is 0 Å². The molecule has 1 aliphatic carbocycles. The molecule has 28 heavy (non-hydrogen) atoms. The first-order valence-electron chi connectivity index (χ1n) is 9.59. The molecule has 1 aromatic carbocycles. The highest BCUT2D eigenvalue weighted by atomic mass is 32.2. The minimum Gasteiger partial charge on any atom is -0.326 e. The molecule has 0 radical (unpaired) electrons. The second-order valence-electron chi connectivity index (χ2n) is 7.52. The maximum absolute atomic E-state index is 13.1. The maximum atomic E-state index is 13.1. The fraction of sp³-hybridized carbons (Fsp3) is 0.550. The van der Waals surface area contributed by atoms with E-state index in [-0.39, 0.29) is 5.91 Å². The van der Waals surface area contributed by atoms with E-state index < -0.39 is 10.8 Å². The van der Waals surface area contributed by atoms with Crippen molar-refractivity contribution in [2.24, 2.45) is 0 Å². The summed E-state index contributed by atoms with van der Waals surface area (Å²) in [7, 11) is 1.75. The second kappa shape index (κ2) is 8.31. The van der Waals surface area contributed by atoms with Crippen LogP contribution in [0.2, 0.25) is 0 Å². The van der Waals surface area contributed by atoms with E-state index in [1.807, 2.05) is 32.9 Å². The molecule has 1 fully saturated rings. The van der Waals surface area contributed by atoms with Crippen molar-refractivity contribution in [3.8, 4) is 11.8 Å². The average Bonchev–Trinajstić information content (AvgIpc) is 3.15. The number of aromatic nitrogens is 4. The summed E-state index contributed by atoms with van der Waals surface area (Å²) in [5.74, 6) is -0.0661. The van der Waals surface area contributed by atoms with Gasteiger partial charge in [-0.3, -0.25) is 4.79 Å². The number of tetrazole rings is 1. The fourth-order valence-electron chi connectivity index (χ4n) is 3.80. The van der Waals surface area contributed by atoms with E-state index in [2.05, 4.69) is 27.7 Å². The maximum Gasteiger partial charge on any atom is 0.236 e. The summed E-state index contributed by atoms with van der Waals surface area (Å²) < 4.78 is 1.67. The van der Waals surface area contributed by atoms with Crippen LogP contribution < -0.4 is 0 Å². The molecule has 2 aromatic rings. The number of thioether (sulfide) groups is 1. The Labute approximate surface area is 170 Å². The van der Waals surface area contributed by atoms with Crippen molar-refractivity contribution < 1.29 is 4.79 Å². The Bertz CT molecular complexity index is 896. The largest absolute Gasteiger partial charge is 0.326 e. The zero-order valence-electron chi connectivity index (χ0n) is 16.8. The molecule has 1 atom stereocenters. The van der Waals surface area contributed by atoms with Crippen LogP contribution in [0.4, 0.5) is 0 Å². The van der Waals surface area contributed by atoms with Crippen LogP contribution in [-0.4, -0.2) is 48.9 Å². The standard InChI is InChI=1S/C20H26N6OS/c1-14-8-9-17(15(2)12-14)26-19(22-23-24-26)28-16(3)18(27)25(4)20(13-21)10-6-5-7-11-20/h8-9,12,16H,5-7,10-11H2,1-4H3/t16-/m0/s1. The molecule has 1 amide bonds. The minimum absolute atomic E-state index is 0.0661. The number of rotatable bonds is 5. The van der Waals surface area contributed by atoms with Crippen LogP contribution in [0.15, 0.2) is 23.4 Å². The van der Waals surface area contributed by atoms with E-state index in [1.54, 1.807) is 16.6 Å². The smallest absolute Gasteiger partial charge is 0.236 e. The van der Waals surface area contributed by atoms with Crippen molar-refractivity contribution in [2.45, 2.75) is 68.8 Å². The highest BCUT2D eigenvalue weighted by Crippen LogP contribution is 2.34. The molecule has 7 nitrogen and oxygen atoms in total. The number of carbonyl (C=O) groups excluding carboxylic acids is 1. The van der Waals surface area contributed by atoms with Crippen LogP contribution in [0.1, 0.15) is 50.2 Å². The van der Waals surface area contributed by atoms with Crippen LogP contribution in [0.5, 0.6) is 0 Å². The minimum atomic E-state index is -0.691. The lowest BCUT2D eigenvalue weighted by atomic mass is 9.81. The molecule has 0 bridgehead atoms. The van der Waals surface area contributed by atoms with E-state index in [0.29, 0.717) is 5.16 Å². The molecule has 0 N–H and O–H groups in total. The van der Waals surface area contributed by atoms with Gasteiger partial charge in [0.05, 0.1) is 17.0 Å². The Morgan fingerprint density at radius 2 is 2.04 bits per heavy atom. The molecule has 1 heterocycles. The lowest BCUT2D eigenvalue weighted by molar-refractivity contribution is -0.133. The Balaban J connectivity index is 1.78. The summed E-state index contributed by atoms with van der Waals surface area (Å²) in [5.41, 5.74) is 2.44. The molecule has 148 valence electrons. The van der Waals surface area contributed by atoms with Gasteiger partial charge in [0.1, 0.15) is 5.54 Å². The number of nitriles is 1. The third-order valence-corrected chi connectivity index (χ3v) is 6.53. The zero-order chi connectivity index (χ0) is 20.3. The van der Waals surface area contributed by atoms with Gasteiger partial charge in [0.2, 0.25) is 11.1 Å². The van der Waals surface area contributed by atoms with E-state index in [4.69, 9.17) is 0 Å². The van der Waals surface area contributed by atoms with Gasteiger partial charge < -0.3 is 4.90 Å². The first-order chi connectivity index (χ1) is 13.4. The summed E-state index contributed by atoms with van der Waals surface area (Å²) in [6.07, 6.45) is 4.57. The lowest BCUT2D eigenvalue weighted by Crippen LogP contribution is -2.52. The van der Waals surface area contributed by atoms with Crippen LogP contribution in [0, 0.1) is 25.2 Å². The summed E-state index contributed by atoms with van der Waals surface area (Å²) in [4.78, 5) is 14.7. The lowest BCUT2D eigenvalue weighted by Gasteiger charge is -2.40. The summed E-state index contributed by atoms with van der Waals surface area (Å²) in [6.45, 7) is 5.90. The molecule has 1 aromatic heterocycles. The molecular formula is C20H26N6OS. The molecular weight excluding hydrogens is 372 g/mol. The van der Waals surface area contributed by atoms with Gasteiger partial charge in [-0.1, -0.05) is 48.7 Å². The molecule has 8 heteroatoms. The normalized spacial score (nSPS) is 17.0. The SMILES string of the molecule is Cc1ccc(-n2nnnc2S[C@@H](C)C(=O)N(C)C2(C#N)CCCCC2)c(C)c1. The molecule has 1 saturated carbocycles. The van der Waals surface area contributed by atoms with Gasteiger partial charge >= 0.3 is 0 Å². The first-order valence-corrected chi connectivity index (χ1v) is 10.5. The Morgan fingerprint density at radius 3 is 2.68 bits per heavy atom. The molecule has 0 unspecified atom stereocenters. The first kappa shape index (κ1) is 20.3. The molecule has 0 spiro atoms. The number of hydrogen-bond donors (Lipinski definition) is 0. The summed E-state index contributed by atoms with van der Waals surface area (Å²) >= 11 is 1.32. The average molecular weight is 399 g/mol. The van der Waals surface area contributed by atoms with Crippen molar-refractivity contribution >= 4 is 17.7 Å². The van der Waals surface area contributed by atoms with Crippen LogP contribution >= 0.6 is 11.8 Å². The predicted molar refractivity (Wildman–Crippen MR) is 108 cm³/mol. The summed E-state index contributed by atoms with van der Waals surface area (Å²) in [6, 6.07) is 8.49. The number of carbonyl (C=O) groups is 1. The van der Waals surface area contributed by atoms with E-state index >= 15 is 0 Å². The van der Waals surface area contributed by atoms with Crippen molar-refractivity contribution in [3.63, 3.8) is 0 Å². The van der Waals surface area contributed by atoms with Gasteiger partial charge in [-0.2, -0.15) is 9.94 Å². The van der Waals surface area contributed by atoms with Gasteiger partial charge in [-0.05, 0) is 55.7 Å². The zero-order valence-corrected chi connectivity index (χ0v) is 17.7. The number of hydrogen-bond acceptors (Lipinski definition) is 6. The van der Waals surface area contributed by atoms with Crippen LogP contribution in [0.25, 0.3) is 5.69 Å². The van der Waals surface area contributed by atoms with Crippen LogP contribution in [0.3, 0.4) is 0 Å². The van der Waals surface area contributed by atoms with Gasteiger partial charge in [-0.15, -0.1) is 5.10 Å². The van der Waals surface area contributed by atoms with Crippen molar-refractivity contribution in [1.82, 2.24) is 25.1 Å². The van der Waals surface area contributed by atoms with E-state index in [0.717, 1.165) is 43.4 Å². The molecule has 1 aliphatic rings. The third-order valence-electron chi connectivity index (χ3n) is 5.51. The van der Waals surface area contributed by atoms with Crippen molar-refractivity contribution in [3.05, 3.63) is 29.3 Å². The van der Waals surface area contributed by atoms with Gasteiger partial charge in [0.15, 0.2) is 0 Å². The quantitative estimate of drug-likeness (QED) is 0.717. The fourth-order valence-corrected chi connectivity index (χ4v) is 4.69. The van der Waals surface area contributed by atoms with Crippen LogP contribution in [-0.2, 0) is 4.79 Å². The number of amides is 1. The predicted octanol–water partition coefficient (Wildman–Crippen LogP) is 3.44. The van der Waals surface area contributed by atoms with E-state index in [1.165, 1.54) is 17.3 Å². The van der Waals surface area contributed by atoms with Crippen molar-refractivity contribution in [1.29, 1.82) is 5.26 Å². The summed E-state index contributed by atoms with van der Waals surface area (Å²) in [5, 5.41) is 22.0. The van der Waals surface area contributed by atoms with Crippen molar-refractivity contribution in [2.75, 3.05) is 7.05 Å². The number of nitrogens with zero attached hydrogens (tertiary/aromatic N) is 6. The Hall–Kier alpha value is -2.40. The monoisotopic (exact) mass is 398 g/mol.